The summed E-state index contributed by atoms with van der Waals surface area (Å²) in [4.78, 5) is 70.6. The molecule has 0 unspecified atom stereocenters. The number of carbonyl (C=O) groups excluding carboxylic acids is 5. The molecule has 314 valence electrons. The maximum Gasteiger partial charge on any atom is 0.224 e. The molecule has 0 fully saturated rings. The van der Waals surface area contributed by atoms with Gasteiger partial charge in [-0.05, 0) is 51.4 Å². The predicted octanol–water partition coefficient (Wildman–Crippen LogP) is 6.25. The van der Waals surface area contributed by atoms with Crippen LogP contribution in [0.5, 0.6) is 0 Å². The summed E-state index contributed by atoms with van der Waals surface area (Å²) in [7, 11) is 0. The number of guanidine groups is 1. The fourth-order valence-corrected chi connectivity index (χ4v) is 6.42. The summed E-state index contributed by atoms with van der Waals surface area (Å²) < 4.78 is 0. The van der Waals surface area contributed by atoms with Crippen molar-refractivity contribution in [1.82, 2.24) is 16.0 Å². The Morgan fingerprint density at radius 3 is 1.63 bits per heavy atom. The van der Waals surface area contributed by atoms with Gasteiger partial charge < -0.3 is 32.5 Å². The molecule has 0 bridgehead atoms. The molecule has 0 aliphatic rings. The summed E-state index contributed by atoms with van der Waals surface area (Å²) in [5.41, 5.74) is 11.0. The van der Waals surface area contributed by atoms with Crippen molar-refractivity contribution in [1.29, 1.82) is 0 Å². The van der Waals surface area contributed by atoms with Crippen LogP contribution < -0.4 is 27.4 Å². The number of unbranched alkanes of at least 4 members (excludes halogenated alkanes) is 12. The van der Waals surface area contributed by atoms with Crippen LogP contribution in [0.3, 0.4) is 0 Å². The number of rotatable bonds is 33. The first-order valence-electron chi connectivity index (χ1n) is 21.2. The summed E-state index contributed by atoms with van der Waals surface area (Å²) >= 11 is 0. The molecule has 0 aromatic carbocycles. The van der Waals surface area contributed by atoms with E-state index in [-0.39, 0.29) is 54.0 Å². The van der Waals surface area contributed by atoms with Gasteiger partial charge in [-0.25, -0.2) is 0 Å². The van der Waals surface area contributed by atoms with Crippen LogP contribution in [0.25, 0.3) is 0 Å². The summed E-state index contributed by atoms with van der Waals surface area (Å²) in [5.74, 6) is -3.04. The van der Waals surface area contributed by atoms with Crippen molar-refractivity contribution in [3.05, 3.63) is 0 Å². The molecule has 0 radical (unpaired) electrons. The predicted molar refractivity (Wildman–Crippen MR) is 220 cm³/mol. The van der Waals surface area contributed by atoms with Gasteiger partial charge in [0.25, 0.3) is 0 Å². The van der Waals surface area contributed by atoms with Crippen molar-refractivity contribution in [2.24, 2.45) is 40.1 Å². The summed E-state index contributed by atoms with van der Waals surface area (Å²) in [6.45, 7) is 15.1. The van der Waals surface area contributed by atoms with Gasteiger partial charge in [-0.3, -0.25) is 29.0 Å². The second-order valence-corrected chi connectivity index (χ2v) is 16.4. The van der Waals surface area contributed by atoms with Gasteiger partial charge in [0.15, 0.2) is 17.5 Å². The molecule has 0 heterocycles. The van der Waals surface area contributed by atoms with Crippen molar-refractivity contribution in [3.8, 4) is 0 Å². The summed E-state index contributed by atoms with van der Waals surface area (Å²) in [5, 5.41) is 18.3. The quantitative estimate of drug-likeness (QED) is 0.0255. The molecule has 0 saturated carbocycles. The second kappa shape index (κ2) is 30.2. The van der Waals surface area contributed by atoms with Crippen molar-refractivity contribution < 1.29 is 29.1 Å². The minimum atomic E-state index is -0.825. The average Bonchev–Trinajstić information content (AvgIpc) is 3.09. The molecule has 0 aliphatic carbocycles. The fraction of sp³-hybridized carbons (Fsp3) is 0.857. The normalized spacial score (nSPS) is 14.8. The van der Waals surface area contributed by atoms with Crippen LogP contribution in [0.4, 0.5) is 0 Å². The lowest BCUT2D eigenvalue weighted by molar-refractivity contribution is -0.135. The van der Waals surface area contributed by atoms with Crippen LogP contribution in [0.1, 0.15) is 177 Å². The third-order valence-corrected chi connectivity index (χ3v) is 10.2. The van der Waals surface area contributed by atoms with E-state index in [0.717, 1.165) is 19.3 Å². The number of aliphatic hydroxyl groups excluding tert-OH is 1. The van der Waals surface area contributed by atoms with Crippen molar-refractivity contribution in [2.45, 2.75) is 202 Å². The van der Waals surface area contributed by atoms with Crippen molar-refractivity contribution in [3.63, 3.8) is 0 Å². The van der Waals surface area contributed by atoms with Crippen LogP contribution in [0.15, 0.2) is 4.99 Å². The molecule has 0 saturated heterocycles. The minimum absolute atomic E-state index is 0.0456. The number of nitrogens with zero attached hydrogens (tertiary/aromatic N) is 1. The Morgan fingerprint density at radius 2 is 1.15 bits per heavy atom. The van der Waals surface area contributed by atoms with Gasteiger partial charge in [0.2, 0.25) is 17.7 Å². The Labute approximate surface area is 328 Å². The lowest BCUT2D eigenvalue weighted by Crippen LogP contribution is -2.48. The van der Waals surface area contributed by atoms with E-state index in [1.165, 1.54) is 64.2 Å². The van der Waals surface area contributed by atoms with E-state index in [4.69, 9.17) is 11.5 Å². The number of nitrogens with one attached hydrogen (secondary N) is 3. The number of carbonyl (C=O) groups is 5. The molecule has 12 heteroatoms. The van der Waals surface area contributed by atoms with E-state index >= 15 is 0 Å². The molecule has 54 heavy (non-hydrogen) atoms. The molecule has 0 rings (SSSR count). The Morgan fingerprint density at radius 1 is 0.630 bits per heavy atom. The van der Waals surface area contributed by atoms with E-state index in [9.17, 15) is 29.1 Å². The maximum absolute atomic E-state index is 13.8. The molecular weight excluding hydrogens is 684 g/mol. The lowest BCUT2D eigenvalue weighted by atomic mass is 9.86. The van der Waals surface area contributed by atoms with Crippen LogP contribution in [0, 0.1) is 23.7 Å². The number of amides is 3. The molecule has 8 N–H and O–H groups in total. The van der Waals surface area contributed by atoms with E-state index < -0.39 is 42.0 Å². The first-order valence-corrected chi connectivity index (χ1v) is 21.2. The summed E-state index contributed by atoms with van der Waals surface area (Å²) in [6.07, 6.45) is 16.3. The molecule has 3 amide bonds. The SMILES string of the molecule is CCCCCCCCCCCCCCCC(=O)N[C@@H](CCCN=C(N)N)C(=O)C[C@H](C(=O)N[C@@H](CC(C)C)C(=O)C[C@@H](C)C(=O)N[C@H](C)[C@@H](C)O)C(C)C. The molecule has 12 nitrogen and oxygen atoms in total. The minimum Gasteiger partial charge on any atom is -0.391 e. The highest BCUT2D eigenvalue weighted by Gasteiger charge is 2.33. The van der Waals surface area contributed by atoms with Crippen LogP contribution >= 0.6 is 0 Å². The molecule has 0 aromatic heterocycles. The Hall–Kier alpha value is -3.02. The first kappa shape index (κ1) is 51.0. The zero-order chi connectivity index (χ0) is 41.1. The van der Waals surface area contributed by atoms with E-state index in [1.807, 2.05) is 27.7 Å². The number of aliphatic imine (C=N–C) groups is 1. The van der Waals surface area contributed by atoms with Gasteiger partial charge in [-0.2, -0.15) is 0 Å². The highest BCUT2D eigenvalue weighted by atomic mass is 16.3. The molecule has 0 aliphatic heterocycles. The maximum atomic E-state index is 13.8. The van der Waals surface area contributed by atoms with Gasteiger partial charge in [-0.1, -0.05) is 119 Å². The zero-order valence-electron chi connectivity index (χ0n) is 35.4. The van der Waals surface area contributed by atoms with Gasteiger partial charge in [0, 0.05) is 37.6 Å². The first-order chi connectivity index (χ1) is 25.5. The topological polar surface area (TPSA) is 206 Å². The van der Waals surface area contributed by atoms with Gasteiger partial charge in [-0.15, -0.1) is 0 Å². The average molecular weight is 765 g/mol. The number of hydrogen-bond acceptors (Lipinski definition) is 7. The fourth-order valence-electron chi connectivity index (χ4n) is 6.42. The number of Topliss-reactive ketones (excluding diaryl/α,β-unsaturated/α-hetero) is 2. The molecule has 0 aromatic rings. The van der Waals surface area contributed by atoms with Gasteiger partial charge in [0.05, 0.1) is 24.2 Å². The number of aliphatic hydroxyl groups is 1. The number of ketones is 2. The largest absolute Gasteiger partial charge is 0.391 e. The third-order valence-electron chi connectivity index (χ3n) is 10.2. The lowest BCUT2D eigenvalue weighted by Gasteiger charge is -2.27. The number of nitrogens with two attached hydrogens (primary N) is 2. The molecule has 0 spiro atoms. The highest BCUT2D eigenvalue weighted by molar-refractivity contribution is 5.95. The van der Waals surface area contributed by atoms with Crippen LogP contribution in [0.2, 0.25) is 0 Å². The zero-order valence-corrected chi connectivity index (χ0v) is 35.4. The standard InChI is InChI=1S/C42H80N6O6/c1-9-10-11-12-13-14-15-16-17-18-19-20-21-24-39(52)47-35(23-22-25-45-42(43)44)38(51)28-34(30(4)5)41(54)48-36(26-29(2)3)37(50)27-31(6)40(53)46-32(7)33(8)49/h29-36,49H,9-28H2,1-8H3,(H,46,53)(H,47,52)(H,48,54)(H4,43,44,45)/t31-,32-,33-,34+,35+,36+/m1/s1. The van der Waals surface area contributed by atoms with E-state index in [2.05, 4.69) is 27.9 Å². The summed E-state index contributed by atoms with van der Waals surface area (Å²) in [6, 6.07) is -2.09. The highest BCUT2D eigenvalue weighted by Crippen LogP contribution is 2.21. The second-order valence-electron chi connectivity index (χ2n) is 16.4. The van der Waals surface area contributed by atoms with Gasteiger partial charge in [0.1, 0.15) is 0 Å². The van der Waals surface area contributed by atoms with Crippen molar-refractivity contribution in [2.75, 3.05) is 6.54 Å². The van der Waals surface area contributed by atoms with E-state index in [0.29, 0.717) is 32.2 Å². The Balaban J connectivity index is 5.31. The number of hydrogen-bond donors (Lipinski definition) is 6. The Bertz CT molecular complexity index is 1110. The third kappa shape index (κ3) is 25.1. The monoisotopic (exact) mass is 765 g/mol. The molecular formula is C42H80N6O6. The van der Waals surface area contributed by atoms with Crippen LogP contribution in [-0.2, 0) is 24.0 Å². The molecule has 6 atom stereocenters. The van der Waals surface area contributed by atoms with Crippen molar-refractivity contribution >= 4 is 35.2 Å². The van der Waals surface area contributed by atoms with Gasteiger partial charge >= 0.3 is 0 Å². The Kier molecular flexibility index (Phi) is 28.5. The van der Waals surface area contributed by atoms with Crippen LogP contribution in [-0.4, -0.2) is 71.1 Å². The van der Waals surface area contributed by atoms with E-state index in [1.54, 1.807) is 20.8 Å². The smallest absolute Gasteiger partial charge is 0.224 e.